The van der Waals surface area contributed by atoms with E-state index < -0.39 is 5.97 Å². The van der Waals surface area contributed by atoms with Crippen LogP contribution in [0, 0.1) is 0 Å². The van der Waals surface area contributed by atoms with Crippen LogP contribution in [0.5, 0.6) is 0 Å². The lowest BCUT2D eigenvalue weighted by atomic mass is 10.3. The largest absolute Gasteiger partial charge is 0.476 e. The summed E-state index contributed by atoms with van der Waals surface area (Å²) >= 11 is 0. The molecule has 0 aliphatic carbocycles. The Morgan fingerprint density at radius 1 is 1.39 bits per heavy atom. The molecule has 0 aliphatic rings. The molecule has 18 heavy (non-hydrogen) atoms. The fourth-order valence-corrected chi connectivity index (χ4v) is 1.64. The molecule has 1 N–H and O–H groups in total. The Balaban J connectivity index is 1.93. The summed E-state index contributed by atoms with van der Waals surface area (Å²) in [6.07, 6.45) is 1.11. The summed E-state index contributed by atoms with van der Waals surface area (Å²) < 4.78 is 6.67. The normalized spacial score (nSPS) is 10.9. The molecule has 3 aromatic rings. The highest BCUT2D eigenvalue weighted by Crippen LogP contribution is 2.12. The van der Waals surface area contributed by atoms with Crippen molar-refractivity contribution in [1.82, 2.24) is 20.0 Å². The Bertz CT molecular complexity index is 716. The second-order valence-corrected chi connectivity index (χ2v) is 3.67. The van der Waals surface area contributed by atoms with Gasteiger partial charge in [-0.25, -0.2) is 14.5 Å². The van der Waals surface area contributed by atoms with Crippen LogP contribution < -0.4 is 0 Å². The summed E-state index contributed by atoms with van der Waals surface area (Å²) in [6, 6.07) is 7.46. The summed E-state index contributed by atoms with van der Waals surface area (Å²) in [5.41, 5.74) is 1.49. The van der Waals surface area contributed by atoms with Crippen LogP contribution in [0.15, 0.2) is 34.9 Å². The third-order valence-corrected chi connectivity index (χ3v) is 2.48. The zero-order valence-corrected chi connectivity index (χ0v) is 9.15. The summed E-state index contributed by atoms with van der Waals surface area (Å²) in [6.45, 7) is 0.244. The predicted octanol–water partition coefficient (Wildman–Crippen LogP) is 1.17. The third-order valence-electron chi connectivity index (χ3n) is 2.48. The van der Waals surface area contributed by atoms with Crippen molar-refractivity contribution in [3.63, 3.8) is 0 Å². The Labute approximate surface area is 101 Å². The summed E-state index contributed by atoms with van der Waals surface area (Å²) in [5.74, 6) is -0.837. The molecule has 1 aromatic carbocycles. The molecule has 0 amide bonds. The summed E-state index contributed by atoms with van der Waals surface area (Å²) in [5, 5.41) is 16.7. The quantitative estimate of drug-likeness (QED) is 0.743. The van der Waals surface area contributed by atoms with Crippen LogP contribution in [-0.2, 0) is 6.54 Å². The van der Waals surface area contributed by atoms with E-state index >= 15 is 0 Å². The van der Waals surface area contributed by atoms with Gasteiger partial charge in [0.25, 0.3) is 0 Å². The van der Waals surface area contributed by atoms with Gasteiger partial charge in [-0.05, 0) is 12.1 Å². The second kappa shape index (κ2) is 3.95. The molecular weight excluding hydrogens is 236 g/mol. The van der Waals surface area contributed by atoms with Crippen molar-refractivity contribution >= 4 is 17.0 Å². The molecule has 0 atom stereocenters. The number of nitrogens with zero attached hydrogens (tertiary/aromatic N) is 4. The maximum absolute atomic E-state index is 10.7. The fourth-order valence-electron chi connectivity index (χ4n) is 1.64. The van der Waals surface area contributed by atoms with Gasteiger partial charge in [0.1, 0.15) is 18.3 Å². The van der Waals surface area contributed by atoms with Crippen LogP contribution >= 0.6 is 0 Å². The number of oxazole rings is 1. The highest BCUT2D eigenvalue weighted by atomic mass is 16.4. The topological polar surface area (TPSA) is 94.0 Å². The summed E-state index contributed by atoms with van der Waals surface area (Å²) in [4.78, 5) is 14.5. The number of para-hydroxylation sites is 1. The number of rotatable bonds is 3. The van der Waals surface area contributed by atoms with E-state index in [1.165, 1.54) is 0 Å². The first kappa shape index (κ1) is 10.5. The summed E-state index contributed by atoms with van der Waals surface area (Å²) in [7, 11) is 0. The number of hydrogen-bond acceptors (Lipinski definition) is 5. The maximum Gasteiger partial charge on any atom is 0.357 e. The van der Waals surface area contributed by atoms with Crippen molar-refractivity contribution < 1.29 is 14.3 Å². The molecule has 0 saturated heterocycles. The zero-order chi connectivity index (χ0) is 12.5. The Morgan fingerprint density at radius 2 is 2.22 bits per heavy atom. The van der Waals surface area contributed by atoms with Crippen LogP contribution in [0.4, 0.5) is 0 Å². The lowest BCUT2D eigenvalue weighted by Gasteiger charge is -1.97. The monoisotopic (exact) mass is 244 g/mol. The van der Waals surface area contributed by atoms with Gasteiger partial charge in [0, 0.05) is 0 Å². The number of aromatic carboxylic acids is 1. The molecule has 90 valence electrons. The Hall–Kier alpha value is -2.70. The van der Waals surface area contributed by atoms with E-state index in [1.807, 2.05) is 24.3 Å². The van der Waals surface area contributed by atoms with Crippen molar-refractivity contribution in [2.75, 3.05) is 0 Å². The number of benzene rings is 1. The van der Waals surface area contributed by atoms with Gasteiger partial charge < -0.3 is 9.52 Å². The number of carboxylic acids is 1. The minimum atomic E-state index is -1.12. The van der Waals surface area contributed by atoms with E-state index in [-0.39, 0.29) is 18.1 Å². The van der Waals surface area contributed by atoms with Crippen molar-refractivity contribution in [1.29, 1.82) is 0 Å². The Kier molecular flexibility index (Phi) is 2.30. The van der Waals surface area contributed by atoms with E-state index in [2.05, 4.69) is 15.3 Å². The van der Waals surface area contributed by atoms with Gasteiger partial charge in [-0.3, -0.25) is 0 Å². The van der Waals surface area contributed by atoms with Gasteiger partial charge >= 0.3 is 5.97 Å². The standard InChI is InChI=1S/C11H8N4O3/c16-11(17)8-6-18-10(12-8)5-15-9-4-2-1-3-7(9)13-14-15/h1-4,6H,5H2,(H,16,17). The van der Waals surface area contributed by atoms with Gasteiger partial charge in [0.15, 0.2) is 5.69 Å². The minimum absolute atomic E-state index is 0.116. The average Bonchev–Trinajstić information content (AvgIpc) is 2.98. The van der Waals surface area contributed by atoms with E-state index in [0.717, 1.165) is 17.3 Å². The van der Waals surface area contributed by atoms with Gasteiger partial charge in [-0.1, -0.05) is 17.3 Å². The molecule has 2 aromatic heterocycles. The first-order valence-electron chi connectivity index (χ1n) is 5.20. The molecule has 0 unspecified atom stereocenters. The van der Waals surface area contributed by atoms with Gasteiger partial charge in [0.2, 0.25) is 5.89 Å². The lowest BCUT2D eigenvalue weighted by molar-refractivity contribution is 0.0690. The van der Waals surface area contributed by atoms with E-state index in [0.29, 0.717) is 0 Å². The third kappa shape index (κ3) is 1.71. The van der Waals surface area contributed by atoms with Crippen LogP contribution in [0.3, 0.4) is 0 Å². The highest BCUT2D eigenvalue weighted by molar-refractivity contribution is 5.84. The number of aromatic nitrogens is 4. The first-order chi connectivity index (χ1) is 8.74. The second-order valence-electron chi connectivity index (χ2n) is 3.67. The number of carbonyl (C=O) groups is 1. The maximum atomic E-state index is 10.7. The molecule has 3 rings (SSSR count). The van der Waals surface area contributed by atoms with Crippen molar-refractivity contribution in [2.45, 2.75) is 6.54 Å². The molecule has 0 spiro atoms. The SMILES string of the molecule is O=C(O)c1coc(Cn2nnc3ccccc32)n1. The highest BCUT2D eigenvalue weighted by Gasteiger charge is 2.12. The molecule has 0 fully saturated rings. The van der Waals surface area contributed by atoms with Crippen molar-refractivity contribution in [3.8, 4) is 0 Å². The minimum Gasteiger partial charge on any atom is -0.476 e. The number of hydrogen-bond donors (Lipinski definition) is 1. The van der Waals surface area contributed by atoms with Crippen LogP contribution in [0.25, 0.3) is 11.0 Å². The van der Waals surface area contributed by atoms with Crippen LogP contribution in [0.1, 0.15) is 16.4 Å². The average molecular weight is 244 g/mol. The lowest BCUT2D eigenvalue weighted by Crippen LogP contribution is -2.03. The predicted molar refractivity (Wildman–Crippen MR) is 60.1 cm³/mol. The van der Waals surface area contributed by atoms with Gasteiger partial charge in [-0.15, -0.1) is 5.10 Å². The number of fused-ring (bicyclic) bond motifs is 1. The molecule has 0 saturated carbocycles. The smallest absolute Gasteiger partial charge is 0.357 e. The zero-order valence-electron chi connectivity index (χ0n) is 9.15. The first-order valence-corrected chi connectivity index (χ1v) is 5.20. The molecule has 0 radical (unpaired) electrons. The molecule has 0 aliphatic heterocycles. The molecular formula is C11H8N4O3. The fraction of sp³-hybridized carbons (Fsp3) is 0.0909. The van der Waals surface area contributed by atoms with Crippen molar-refractivity contribution in [2.24, 2.45) is 0 Å². The molecule has 2 heterocycles. The van der Waals surface area contributed by atoms with Gasteiger partial charge in [-0.2, -0.15) is 0 Å². The van der Waals surface area contributed by atoms with Crippen LogP contribution in [-0.4, -0.2) is 31.1 Å². The molecule has 0 bridgehead atoms. The molecule has 7 nitrogen and oxygen atoms in total. The molecule has 7 heteroatoms. The Morgan fingerprint density at radius 3 is 3.00 bits per heavy atom. The number of carboxylic acid groups (broad SMARTS) is 1. The van der Waals surface area contributed by atoms with E-state index in [4.69, 9.17) is 9.52 Å². The van der Waals surface area contributed by atoms with Gasteiger partial charge in [0.05, 0.1) is 5.52 Å². The van der Waals surface area contributed by atoms with Crippen molar-refractivity contribution in [3.05, 3.63) is 42.1 Å². The van der Waals surface area contributed by atoms with E-state index in [9.17, 15) is 4.79 Å². The van der Waals surface area contributed by atoms with Crippen LogP contribution in [0.2, 0.25) is 0 Å². The van der Waals surface area contributed by atoms with E-state index in [1.54, 1.807) is 4.68 Å².